The van der Waals surface area contributed by atoms with Crippen molar-refractivity contribution in [1.82, 2.24) is 10.3 Å². The number of nitrogens with zero attached hydrogens (tertiary/aromatic N) is 1. The number of carbonyl (C=O) groups is 1. The van der Waals surface area contributed by atoms with Gasteiger partial charge < -0.3 is 10.4 Å². The normalized spacial score (nSPS) is 12.1. The van der Waals surface area contributed by atoms with E-state index in [9.17, 15) is 9.90 Å². The summed E-state index contributed by atoms with van der Waals surface area (Å²) in [6.07, 6.45) is 2.08. The molecule has 0 spiro atoms. The lowest BCUT2D eigenvalue weighted by atomic mass is 10.1. The Morgan fingerprint density at radius 2 is 2.14 bits per heavy atom. The molecule has 1 aromatic heterocycles. The van der Waals surface area contributed by atoms with Gasteiger partial charge in [0.25, 0.3) is 0 Å². The predicted molar refractivity (Wildman–Crippen MR) is 89.0 cm³/mol. The molecule has 0 aliphatic carbocycles. The second-order valence-electron chi connectivity index (χ2n) is 5.36. The third-order valence-electron chi connectivity index (χ3n) is 3.35. The minimum Gasteiger partial charge on any atom is -0.391 e. The second kappa shape index (κ2) is 8.66. The van der Waals surface area contributed by atoms with Gasteiger partial charge in [0.1, 0.15) is 0 Å². The maximum absolute atomic E-state index is 11.8. The van der Waals surface area contributed by atoms with Crippen LogP contribution in [0.15, 0.2) is 35.7 Å². The van der Waals surface area contributed by atoms with Crippen LogP contribution in [0.25, 0.3) is 0 Å². The summed E-state index contributed by atoms with van der Waals surface area (Å²) in [4.78, 5) is 16.1. The number of aliphatic hydroxyl groups excluding tert-OH is 1. The van der Waals surface area contributed by atoms with Gasteiger partial charge >= 0.3 is 0 Å². The largest absolute Gasteiger partial charge is 0.391 e. The molecule has 0 aliphatic heterocycles. The molecule has 2 aromatic rings. The van der Waals surface area contributed by atoms with E-state index >= 15 is 0 Å². The summed E-state index contributed by atoms with van der Waals surface area (Å²) in [5.41, 5.74) is 2.13. The van der Waals surface area contributed by atoms with E-state index in [4.69, 9.17) is 0 Å². The average molecular weight is 318 g/mol. The first kappa shape index (κ1) is 16.6. The van der Waals surface area contributed by atoms with Crippen molar-refractivity contribution in [1.29, 1.82) is 0 Å². The summed E-state index contributed by atoms with van der Waals surface area (Å²) in [5, 5.41) is 15.8. The zero-order valence-electron chi connectivity index (χ0n) is 12.8. The highest BCUT2D eigenvalue weighted by Crippen LogP contribution is 2.10. The Labute approximate surface area is 135 Å². The van der Waals surface area contributed by atoms with E-state index in [-0.39, 0.29) is 5.91 Å². The van der Waals surface area contributed by atoms with Crippen molar-refractivity contribution >= 4 is 17.2 Å². The minimum absolute atomic E-state index is 0.0148. The van der Waals surface area contributed by atoms with Crippen LogP contribution in [0.1, 0.15) is 29.1 Å². The summed E-state index contributed by atoms with van der Waals surface area (Å²) in [6.45, 7) is 2.28. The first-order valence-corrected chi connectivity index (χ1v) is 8.41. The molecule has 1 heterocycles. The van der Waals surface area contributed by atoms with Gasteiger partial charge in [-0.1, -0.05) is 30.3 Å². The fourth-order valence-electron chi connectivity index (χ4n) is 2.23. The van der Waals surface area contributed by atoms with Gasteiger partial charge in [0, 0.05) is 24.8 Å². The maximum atomic E-state index is 11.8. The molecule has 1 unspecified atom stereocenters. The number of aliphatic hydroxyl groups is 1. The number of hydrogen-bond donors (Lipinski definition) is 2. The number of aryl methyl sites for hydroxylation is 2. The molecule has 0 saturated heterocycles. The highest BCUT2D eigenvalue weighted by Gasteiger charge is 2.08. The summed E-state index contributed by atoms with van der Waals surface area (Å²) >= 11 is 1.63. The van der Waals surface area contributed by atoms with Crippen molar-refractivity contribution in [2.24, 2.45) is 0 Å². The molecule has 0 saturated carbocycles. The fourth-order valence-corrected chi connectivity index (χ4v) is 2.88. The Morgan fingerprint density at radius 1 is 1.36 bits per heavy atom. The van der Waals surface area contributed by atoms with Crippen LogP contribution in [0.2, 0.25) is 0 Å². The fraction of sp³-hybridized carbons (Fsp3) is 0.412. The quantitative estimate of drug-likeness (QED) is 0.786. The van der Waals surface area contributed by atoms with Crippen LogP contribution in [-0.2, 0) is 17.6 Å². The molecule has 4 nitrogen and oxygen atoms in total. The van der Waals surface area contributed by atoms with Crippen molar-refractivity contribution in [3.8, 4) is 0 Å². The van der Waals surface area contributed by atoms with Gasteiger partial charge in [-0.05, 0) is 25.3 Å². The van der Waals surface area contributed by atoms with Crippen molar-refractivity contribution in [3.05, 3.63) is 52.0 Å². The van der Waals surface area contributed by atoms with E-state index in [0.717, 1.165) is 29.1 Å². The lowest BCUT2D eigenvalue weighted by Gasteiger charge is -2.12. The molecule has 0 radical (unpaired) electrons. The smallest absolute Gasteiger partial charge is 0.220 e. The number of benzene rings is 1. The van der Waals surface area contributed by atoms with Crippen LogP contribution in [0.3, 0.4) is 0 Å². The van der Waals surface area contributed by atoms with Crippen molar-refractivity contribution in [2.45, 2.75) is 38.7 Å². The van der Waals surface area contributed by atoms with Crippen LogP contribution in [-0.4, -0.2) is 28.6 Å². The summed E-state index contributed by atoms with van der Waals surface area (Å²) < 4.78 is 0. The molecule has 1 aromatic carbocycles. The van der Waals surface area contributed by atoms with Gasteiger partial charge in [-0.3, -0.25) is 4.79 Å². The van der Waals surface area contributed by atoms with E-state index in [0.29, 0.717) is 19.4 Å². The van der Waals surface area contributed by atoms with Gasteiger partial charge in [0.15, 0.2) is 0 Å². The van der Waals surface area contributed by atoms with Gasteiger partial charge in [-0.2, -0.15) is 0 Å². The van der Waals surface area contributed by atoms with Crippen LogP contribution in [0.5, 0.6) is 0 Å². The maximum Gasteiger partial charge on any atom is 0.220 e. The third-order valence-corrected chi connectivity index (χ3v) is 4.17. The molecule has 22 heavy (non-hydrogen) atoms. The van der Waals surface area contributed by atoms with Gasteiger partial charge in [-0.15, -0.1) is 11.3 Å². The highest BCUT2D eigenvalue weighted by molar-refractivity contribution is 7.09. The van der Waals surface area contributed by atoms with Crippen LogP contribution >= 0.6 is 11.3 Å². The standard InChI is InChI=1S/C17H22N2O2S/c1-13-19-15(12-22-13)8-5-9-17(21)18-11-16(20)10-14-6-3-2-4-7-14/h2-4,6-7,12,16,20H,5,8-11H2,1H3,(H,18,21). The number of carbonyl (C=O) groups excluding carboxylic acids is 1. The minimum atomic E-state index is -0.549. The Morgan fingerprint density at radius 3 is 2.82 bits per heavy atom. The first-order chi connectivity index (χ1) is 10.6. The van der Waals surface area contributed by atoms with E-state index in [1.165, 1.54) is 0 Å². The second-order valence-corrected chi connectivity index (χ2v) is 6.42. The Balaban J connectivity index is 1.60. The lowest BCUT2D eigenvalue weighted by Crippen LogP contribution is -2.33. The molecular formula is C17H22N2O2S. The molecule has 0 aliphatic rings. The molecule has 0 bridgehead atoms. The Bertz CT molecular complexity index is 583. The Hall–Kier alpha value is -1.72. The SMILES string of the molecule is Cc1nc(CCCC(=O)NCC(O)Cc2ccccc2)cs1. The van der Waals surface area contributed by atoms with Crippen molar-refractivity contribution in [3.63, 3.8) is 0 Å². The summed E-state index contributed by atoms with van der Waals surface area (Å²) in [5.74, 6) is -0.0148. The van der Waals surface area contributed by atoms with Gasteiger partial charge in [0.05, 0.1) is 16.8 Å². The zero-order valence-corrected chi connectivity index (χ0v) is 13.6. The van der Waals surface area contributed by atoms with Gasteiger partial charge in [-0.25, -0.2) is 4.98 Å². The van der Waals surface area contributed by atoms with Crippen LogP contribution in [0.4, 0.5) is 0 Å². The molecule has 118 valence electrons. The highest BCUT2D eigenvalue weighted by atomic mass is 32.1. The molecule has 0 fully saturated rings. The first-order valence-electron chi connectivity index (χ1n) is 7.53. The average Bonchev–Trinajstić information content (AvgIpc) is 2.92. The molecule has 5 heteroatoms. The van der Waals surface area contributed by atoms with Crippen molar-refractivity contribution in [2.75, 3.05) is 6.54 Å². The number of nitrogens with one attached hydrogen (secondary N) is 1. The molecule has 1 amide bonds. The van der Waals surface area contributed by atoms with Crippen LogP contribution < -0.4 is 5.32 Å². The van der Waals surface area contributed by atoms with E-state index in [2.05, 4.69) is 10.3 Å². The molecule has 2 rings (SSSR count). The number of thiazole rings is 1. The van der Waals surface area contributed by atoms with E-state index in [1.54, 1.807) is 11.3 Å². The van der Waals surface area contributed by atoms with E-state index in [1.807, 2.05) is 42.6 Å². The molecule has 1 atom stereocenters. The monoisotopic (exact) mass is 318 g/mol. The number of hydrogen-bond acceptors (Lipinski definition) is 4. The summed E-state index contributed by atoms with van der Waals surface area (Å²) in [7, 11) is 0. The lowest BCUT2D eigenvalue weighted by molar-refractivity contribution is -0.121. The number of rotatable bonds is 8. The predicted octanol–water partition coefficient (Wildman–Crippen LogP) is 2.49. The van der Waals surface area contributed by atoms with Crippen molar-refractivity contribution < 1.29 is 9.90 Å². The molecular weight excluding hydrogens is 296 g/mol. The summed E-state index contributed by atoms with van der Waals surface area (Å²) in [6, 6.07) is 9.78. The number of amides is 1. The van der Waals surface area contributed by atoms with E-state index < -0.39 is 6.10 Å². The number of aromatic nitrogens is 1. The topological polar surface area (TPSA) is 62.2 Å². The van der Waals surface area contributed by atoms with Crippen LogP contribution in [0, 0.1) is 6.92 Å². The Kier molecular flexibility index (Phi) is 6.55. The van der Waals surface area contributed by atoms with Gasteiger partial charge in [0.2, 0.25) is 5.91 Å². The molecule has 2 N–H and O–H groups in total. The zero-order chi connectivity index (χ0) is 15.8. The third kappa shape index (κ3) is 5.95.